The number of hydrogen-bond donors (Lipinski definition) is 0. The molecule has 0 aromatic heterocycles. The SMILES string of the molecule is CCC[CH2][Sn]([CH2]CCC)([CH2]CCC)/[C](=[C](\P(=O)(OCC)OCC)[Sn]([CH2]CCC)([CH2]CCC)[CH2]CCC)C(F)(F)F. The van der Waals surface area contributed by atoms with Crippen LogP contribution in [0.1, 0.15) is 132 Å². The van der Waals surface area contributed by atoms with Gasteiger partial charge < -0.3 is 0 Å². The van der Waals surface area contributed by atoms with Crippen LogP contribution in [0.2, 0.25) is 26.6 Å². The van der Waals surface area contributed by atoms with Crippen LogP contribution in [-0.4, -0.2) is 56.1 Å². The van der Waals surface area contributed by atoms with Gasteiger partial charge in [-0.05, 0) is 0 Å². The molecule has 0 aliphatic heterocycles. The molecule has 0 aliphatic rings. The van der Waals surface area contributed by atoms with Crippen molar-refractivity contribution in [3.63, 3.8) is 0 Å². The quantitative estimate of drug-likeness (QED) is 0.0681. The Hall–Kier alpha value is 1.28. The monoisotopic (exact) mass is 812 g/mol. The average Bonchev–Trinajstić information content (AvgIpc) is 2.91. The van der Waals surface area contributed by atoms with E-state index in [9.17, 15) is 0 Å². The van der Waals surface area contributed by atoms with Crippen molar-refractivity contribution < 1.29 is 26.8 Å². The molecule has 3 nitrogen and oxygen atoms in total. The van der Waals surface area contributed by atoms with Crippen molar-refractivity contribution in [2.45, 2.75) is 165 Å². The first-order chi connectivity index (χ1) is 19.0. The zero-order chi connectivity index (χ0) is 30.7. The number of halogens is 3. The van der Waals surface area contributed by atoms with Gasteiger partial charge in [-0.1, -0.05) is 0 Å². The fourth-order valence-electron chi connectivity index (χ4n) is 6.46. The summed E-state index contributed by atoms with van der Waals surface area (Å²) in [4.78, 5) is 0. The Kier molecular flexibility index (Phi) is 22.6. The van der Waals surface area contributed by atoms with Crippen molar-refractivity contribution in [1.29, 1.82) is 0 Å². The first-order valence-electron chi connectivity index (χ1n) is 16.7. The van der Waals surface area contributed by atoms with E-state index in [4.69, 9.17) is 9.05 Å². The van der Waals surface area contributed by atoms with E-state index in [0.29, 0.717) is 16.6 Å². The summed E-state index contributed by atoms with van der Waals surface area (Å²) in [5.41, 5.74) is 0. The van der Waals surface area contributed by atoms with Gasteiger partial charge in [-0.3, -0.25) is 0 Å². The number of hydrogen-bond acceptors (Lipinski definition) is 3. The van der Waals surface area contributed by atoms with Gasteiger partial charge in [-0.15, -0.1) is 0 Å². The second-order valence-corrected chi connectivity index (χ2v) is 40.9. The molecule has 0 rings (SSSR count). The van der Waals surface area contributed by atoms with Gasteiger partial charge in [-0.25, -0.2) is 0 Å². The molecule has 0 aromatic rings. The van der Waals surface area contributed by atoms with Crippen LogP contribution in [0.3, 0.4) is 0 Å². The second kappa shape index (κ2) is 21.9. The minimum absolute atomic E-state index is 0.102. The molecule has 0 atom stereocenters. The number of allylic oxidation sites excluding steroid dienone is 1. The number of alkyl halides is 3. The molecule has 0 fully saturated rings. The molecule has 0 aliphatic carbocycles. The summed E-state index contributed by atoms with van der Waals surface area (Å²) >= 11 is -8.12. The first kappa shape index (κ1) is 41.3. The molecule has 0 aromatic carbocycles. The molecule has 0 bridgehead atoms. The third-order valence-corrected chi connectivity index (χ3v) is 49.2. The van der Waals surface area contributed by atoms with Crippen molar-refractivity contribution in [1.82, 2.24) is 0 Å². The molecule has 0 heterocycles. The van der Waals surface area contributed by atoms with Gasteiger partial charge in [0, 0.05) is 0 Å². The summed E-state index contributed by atoms with van der Waals surface area (Å²) in [7, 11) is -4.11. The van der Waals surface area contributed by atoms with Gasteiger partial charge in [0.1, 0.15) is 0 Å². The third-order valence-electron chi connectivity index (χ3n) is 8.48. The molecule has 0 radical (unpaired) electrons. The minimum atomic E-state index is -4.49. The third kappa shape index (κ3) is 12.7. The van der Waals surface area contributed by atoms with Gasteiger partial charge in [0.2, 0.25) is 0 Å². The number of rotatable bonds is 25. The van der Waals surface area contributed by atoms with Crippen LogP contribution in [0.15, 0.2) is 6.92 Å². The summed E-state index contributed by atoms with van der Waals surface area (Å²) in [5.74, 6) is 0. The van der Waals surface area contributed by atoms with Crippen molar-refractivity contribution in [2.75, 3.05) is 13.2 Å². The van der Waals surface area contributed by atoms with Gasteiger partial charge in [0.15, 0.2) is 0 Å². The molecule has 9 heteroatoms. The molecule has 0 spiro atoms. The molecule has 0 unspecified atom stereocenters. The van der Waals surface area contributed by atoms with Crippen LogP contribution < -0.4 is 0 Å². The van der Waals surface area contributed by atoms with E-state index in [2.05, 4.69) is 41.5 Å². The van der Waals surface area contributed by atoms with E-state index in [1.165, 1.54) is 0 Å². The zero-order valence-corrected chi connectivity index (χ0v) is 34.1. The Morgan fingerprint density at radius 2 is 0.825 bits per heavy atom. The van der Waals surface area contributed by atoms with E-state index in [1.54, 1.807) is 13.8 Å². The van der Waals surface area contributed by atoms with Crippen molar-refractivity contribution in [3.05, 3.63) is 6.92 Å². The van der Waals surface area contributed by atoms with Crippen LogP contribution in [0.25, 0.3) is 0 Å². The Balaban J connectivity index is 8.37. The zero-order valence-electron chi connectivity index (χ0n) is 27.4. The van der Waals surface area contributed by atoms with E-state index in [0.717, 1.165) is 90.4 Å². The van der Waals surface area contributed by atoms with Gasteiger partial charge in [0.25, 0.3) is 0 Å². The predicted molar refractivity (Wildman–Crippen MR) is 174 cm³/mol. The average molecular weight is 810 g/mol. The predicted octanol–water partition coefficient (Wildman–Crippen LogP) is 12.8. The van der Waals surface area contributed by atoms with Crippen LogP contribution in [-0.2, 0) is 13.6 Å². The molecule has 40 heavy (non-hydrogen) atoms. The molecule has 240 valence electrons. The molecular weight excluding hydrogens is 746 g/mol. The summed E-state index contributed by atoms with van der Waals surface area (Å²) in [6.07, 6.45) is 6.18. The van der Waals surface area contributed by atoms with Crippen LogP contribution in [0.4, 0.5) is 13.2 Å². The Bertz CT molecular complexity index is 690. The fourth-order valence-corrected chi connectivity index (χ4v) is 60.9. The molecule has 0 N–H and O–H groups in total. The summed E-state index contributed by atoms with van der Waals surface area (Å²) in [6.45, 7) is 16.4. The summed E-state index contributed by atoms with van der Waals surface area (Å²) in [5, 5.41) is 0. The van der Waals surface area contributed by atoms with E-state index in [-0.39, 0.29) is 16.8 Å². The van der Waals surface area contributed by atoms with E-state index < -0.39 is 50.5 Å². The van der Waals surface area contributed by atoms with Gasteiger partial charge >= 0.3 is 257 Å². The maximum atomic E-state index is 16.1. The standard InChI is InChI=1S/C7H10F3O3P.6C4H9.2Sn/c1-3-12-14(11,13-4-2)6-5-7(8,9)10;6*1-3-4-2;;/h3-4H2,1-2H3;6*1,3-4H2,2H3;;. The second-order valence-electron chi connectivity index (χ2n) is 11.7. The summed E-state index contributed by atoms with van der Waals surface area (Å²) in [6, 6.07) is 0. The van der Waals surface area contributed by atoms with Crippen LogP contribution in [0.5, 0.6) is 0 Å². The van der Waals surface area contributed by atoms with Crippen molar-refractivity contribution >= 4 is 44.3 Å². The Morgan fingerprint density at radius 1 is 0.550 bits per heavy atom. The molecule has 0 saturated carbocycles. The Morgan fingerprint density at radius 3 is 1.05 bits per heavy atom. The maximum absolute atomic E-state index is 16.1. The normalized spacial score (nSPS) is 14.1. The first-order valence-corrected chi connectivity index (χ1v) is 33.2. The summed E-state index contributed by atoms with van der Waals surface area (Å²) < 4.78 is 79.9. The molecule has 0 saturated heterocycles. The van der Waals surface area contributed by atoms with E-state index in [1.807, 2.05) is 0 Å². The Labute approximate surface area is 254 Å². The fraction of sp³-hybridized carbons (Fsp3) is 0.935. The van der Waals surface area contributed by atoms with Gasteiger partial charge in [0.05, 0.1) is 0 Å². The molecular formula is C31H64F3O3PSn2. The van der Waals surface area contributed by atoms with Crippen LogP contribution >= 0.6 is 7.60 Å². The van der Waals surface area contributed by atoms with E-state index >= 15 is 17.7 Å². The van der Waals surface area contributed by atoms with Crippen LogP contribution in [0, 0.1) is 0 Å². The van der Waals surface area contributed by atoms with Crippen molar-refractivity contribution in [2.24, 2.45) is 0 Å². The number of unbranched alkanes of at least 4 members (excludes halogenated alkanes) is 6. The topological polar surface area (TPSA) is 35.5 Å². The van der Waals surface area contributed by atoms with Crippen molar-refractivity contribution in [3.8, 4) is 0 Å². The molecule has 0 amide bonds. The van der Waals surface area contributed by atoms with Gasteiger partial charge in [-0.2, -0.15) is 0 Å².